The topological polar surface area (TPSA) is 37.8 Å². The Kier molecular flexibility index (Phi) is 3.41. The predicted octanol–water partition coefficient (Wildman–Crippen LogP) is 3.12. The van der Waals surface area contributed by atoms with Crippen LogP contribution in [0.25, 0.3) is 11.3 Å². The van der Waals surface area contributed by atoms with E-state index in [0.29, 0.717) is 12.1 Å². The summed E-state index contributed by atoms with van der Waals surface area (Å²) in [7, 11) is 0. The second kappa shape index (κ2) is 5.11. The molecule has 3 nitrogen and oxygen atoms in total. The van der Waals surface area contributed by atoms with Crippen LogP contribution in [0.4, 0.5) is 13.2 Å². The smallest absolute Gasteiger partial charge is 0.312 e. The Labute approximate surface area is 120 Å². The number of fused-ring (bicyclic) bond motifs is 1. The normalized spacial score (nSPS) is 14.9. The van der Waals surface area contributed by atoms with Gasteiger partial charge in [0.05, 0.1) is 17.0 Å². The molecule has 3 rings (SSSR count). The van der Waals surface area contributed by atoms with Crippen LogP contribution >= 0.6 is 0 Å². The van der Waals surface area contributed by atoms with Gasteiger partial charge in [-0.25, -0.2) is 9.97 Å². The molecule has 0 radical (unpaired) electrons. The highest BCUT2D eigenvalue weighted by Crippen LogP contribution is 2.34. The molecule has 1 aliphatic heterocycles. The van der Waals surface area contributed by atoms with Gasteiger partial charge in [-0.1, -0.05) is 6.07 Å². The van der Waals surface area contributed by atoms with E-state index in [-0.39, 0.29) is 0 Å². The Morgan fingerprint density at radius 1 is 1.19 bits per heavy atom. The first kappa shape index (κ1) is 14.0. The van der Waals surface area contributed by atoms with Crippen LogP contribution < -0.4 is 5.32 Å². The largest absolute Gasteiger partial charge is 0.416 e. The molecule has 21 heavy (non-hydrogen) atoms. The predicted molar refractivity (Wildman–Crippen MR) is 72.6 cm³/mol. The summed E-state index contributed by atoms with van der Waals surface area (Å²) < 4.78 is 38.2. The maximum atomic E-state index is 12.7. The van der Waals surface area contributed by atoms with Crippen molar-refractivity contribution in [1.29, 1.82) is 0 Å². The zero-order chi connectivity index (χ0) is 15.0. The molecule has 2 aromatic rings. The third-order valence-corrected chi connectivity index (χ3v) is 3.68. The molecule has 0 aliphatic carbocycles. The van der Waals surface area contributed by atoms with Crippen LogP contribution in [0, 0.1) is 6.92 Å². The zero-order valence-corrected chi connectivity index (χ0v) is 11.5. The molecule has 0 fully saturated rings. The molecule has 1 aromatic carbocycles. The number of alkyl halides is 3. The molecule has 2 heterocycles. The second-order valence-electron chi connectivity index (χ2n) is 5.10. The van der Waals surface area contributed by atoms with Gasteiger partial charge in [0.2, 0.25) is 0 Å². The van der Waals surface area contributed by atoms with E-state index in [1.807, 2.05) is 0 Å². The fourth-order valence-electron chi connectivity index (χ4n) is 2.61. The Morgan fingerprint density at radius 2 is 2.00 bits per heavy atom. The van der Waals surface area contributed by atoms with Gasteiger partial charge in [0, 0.05) is 30.6 Å². The van der Waals surface area contributed by atoms with Crippen molar-refractivity contribution in [3.8, 4) is 11.3 Å². The number of rotatable bonds is 1. The SMILES string of the molecule is Cc1cc(C(F)(F)F)ccc1-c1ncnc2c1CNCC2. The van der Waals surface area contributed by atoms with Crippen LogP contribution in [-0.4, -0.2) is 16.5 Å². The summed E-state index contributed by atoms with van der Waals surface area (Å²) in [6.07, 6.45) is -2.03. The highest BCUT2D eigenvalue weighted by atomic mass is 19.4. The minimum Gasteiger partial charge on any atom is -0.312 e. The molecule has 110 valence electrons. The number of aryl methyl sites for hydroxylation is 1. The van der Waals surface area contributed by atoms with Crippen molar-refractivity contribution in [2.75, 3.05) is 6.54 Å². The summed E-state index contributed by atoms with van der Waals surface area (Å²) in [5.41, 5.74) is 3.33. The molecular weight excluding hydrogens is 279 g/mol. The highest BCUT2D eigenvalue weighted by molar-refractivity contribution is 5.68. The summed E-state index contributed by atoms with van der Waals surface area (Å²) in [6, 6.07) is 3.77. The van der Waals surface area contributed by atoms with Crippen molar-refractivity contribution in [3.63, 3.8) is 0 Å². The number of nitrogens with one attached hydrogen (secondary N) is 1. The van der Waals surface area contributed by atoms with Crippen LogP contribution in [0.15, 0.2) is 24.5 Å². The summed E-state index contributed by atoms with van der Waals surface area (Å²) in [4.78, 5) is 8.54. The summed E-state index contributed by atoms with van der Waals surface area (Å²) in [5, 5.41) is 3.25. The average molecular weight is 293 g/mol. The molecule has 1 aliphatic rings. The van der Waals surface area contributed by atoms with Crippen molar-refractivity contribution < 1.29 is 13.2 Å². The van der Waals surface area contributed by atoms with Crippen molar-refractivity contribution >= 4 is 0 Å². The van der Waals surface area contributed by atoms with Crippen molar-refractivity contribution in [2.24, 2.45) is 0 Å². The van der Waals surface area contributed by atoms with E-state index >= 15 is 0 Å². The van der Waals surface area contributed by atoms with Crippen LogP contribution in [0.2, 0.25) is 0 Å². The molecule has 0 spiro atoms. The molecule has 0 unspecified atom stereocenters. The van der Waals surface area contributed by atoms with E-state index in [0.717, 1.165) is 41.5 Å². The minimum atomic E-state index is -4.32. The summed E-state index contributed by atoms with van der Waals surface area (Å²) in [6.45, 7) is 3.18. The van der Waals surface area contributed by atoms with Gasteiger partial charge in [0.25, 0.3) is 0 Å². The minimum absolute atomic E-state index is 0.566. The molecule has 6 heteroatoms. The van der Waals surface area contributed by atoms with Crippen LogP contribution in [0.5, 0.6) is 0 Å². The van der Waals surface area contributed by atoms with Crippen molar-refractivity contribution in [3.05, 3.63) is 46.9 Å². The van der Waals surface area contributed by atoms with Crippen LogP contribution in [-0.2, 0) is 19.1 Å². The van der Waals surface area contributed by atoms with E-state index < -0.39 is 11.7 Å². The monoisotopic (exact) mass is 293 g/mol. The second-order valence-corrected chi connectivity index (χ2v) is 5.10. The third-order valence-electron chi connectivity index (χ3n) is 3.68. The Bertz CT molecular complexity index is 680. The van der Waals surface area contributed by atoms with Crippen molar-refractivity contribution in [1.82, 2.24) is 15.3 Å². The lowest BCUT2D eigenvalue weighted by atomic mass is 9.96. The van der Waals surface area contributed by atoms with Crippen LogP contribution in [0.3, 0.4) is 0 Å². The fraction of sp³-hybridized carbons (Fsp3) is 0.333. The fourth-order valence-corrected chi connectivity index (χ4v) is 2.61. The number of hydrogen-bond acceptors (Lipinski definition) is 3. The number of aromatic nitrogens is 2. The maximum absolute atomic E-state index is 12.7. The molecule has 0 saturated heterocycles. The number of nitrogens with zero attached hydrogens (tertiary/aromatic N) is 2. The molecule has 0 atom stereocenters. The van der Waals surface area contributed by atoms with Gasteiger partial charge in [0.1, 0.15) is 6.33 Å². The van der Waals surface area contributed by atoms with Gasteiger partial charge < -0.3 is 5.32 Å². The quantitative estimate of drug-likeness (QED) is 0.878. The zero-order valence-electron chi connectivity index (χ0n) is 11.5. The van der Waals surface area contributed by atoms with E-state index in [1.165, 1.54) is 18.5 Å². The van der Waals surface area contributed by atoms with E-state index in [4.69, 9.17) is 0 Å². The number of halogens is 3. The first-order chi connectivity index (χ1) is 9.97. The number of benzene rings is 1. The first-order valence-electron chi connectivity index (χ1n) is 6.68. The number of hydrogen-bond donors (Lipinski definition) is 1. The summed E-state index contributed by atoms with van der Waals surface area (Å²) >= 11 is 0. The molecule has 0 saturated carbocycles. The molecule has 1 N–H and O–H groups in total. The van der Waals surface area contributed by atoms with Gasteiger partial charge in [-0.2, -0.15) is 13.2 Å². The van der Waals surface area contributed by atoms with Crippen molar-refractivity contribution in [2.45, 2.75) is 26.1 Å². The Morgan fingerprint density at radius 3 is 2.71 bits per heavy atom. The van der Waals surface area contributed by atoms with Crippen LogP contribution in [0.1, 0.15) is 22.4 Å². The van der Waals surface area contributed by atoms with Gasteiger partial charge >= 0.3 is 6.18 Å². The lowest BCUT2D eigenvalue weighted by Crippen LogP contribution is -2.25. The Hall–Kier alpha value is -1.95. The Balaban J connectivity index is 2.10. The molecule has 0 amide bonds. The molecule has 0 bridgehead atoms. The van der Waals surface area contributed by atoms with Gasteiger partial charge in [-0.15, -0.1) is 0 Å². The standard InChI is InChI=1S/C15H14F3N3/c1-9-6-10(15(16,17)18)2-3-11(9)14-12-7-19-5-4-13(12)20-8-21-14/h2-3,6,8,19H,4-5,7H2,1H3. The van der Waals surface area contributed by atoms with E-state index in [2.05, 4.69) is 15.3 Å². The van der Waals surface area contributed by atoms with Gasteiger partial charge in [-0.3, -0.25) is 0 Å². The lowest BCUT2D eigenvalue weighted by molar-refractivity contribution is -0.137. The average Bonchev–Trinajstić information content (AvgIpc) is 2.46. The summed E-state index contributed by atoms with van der Waals surface area (Å²) in [5.74, 6) is 0. The third kappa shape index (κ3) is 2.63. The maximum Gasteiger partial charge on any atom is 0.416 e. The van der Waals surface area contributed by atoms with E-state index in [1.54, 1.807) is 6.92 Å². The first-order valence-corrected chi connectivity index (χ1v) is 6.68. The van der Waals surface area contributed by atoms with Gasteiger partial charge in [0.15, 0.2) is 0 Å². The van der Waals surface area contributed by atoms with Gasteiger partial charge in [-0.05, 0) is 24.6 Å². The lowest BCUT2D eigenvalue weighted by Gasteiger charge is -2.19. The highest BCUT2D eigenvalue weighted by Gasteiger charge is 2.31. The molecule has 1 aromatic heterocycles. The van der Waals surface area contributed by atoms with E-state index in [9.17, 15) is 13.2 Å². The molecular formula is C15H14F3N3.